The molecule has 0 radical (unpaired) electrons. The van der Waals surface area contributed by atoms with Crippen molar-refractivity contribution in [3.05, 3.63) is 35.9 Å². The molecule has 2 fully saturated rings. The molecule has 29 heavy (non-hydrogen) atoms. The van der Waals surface area contributed by atoms with Gasteiger partial charge in [-0.3, -0.25) is 9.59 Å². The number of nitrogens with zero attached hydrogens (tertiary/aromatic N) is 2. The second kappa shape index (κ2) is 9.29. The van der Waals surface area contributed by atoms with E-state index in [1.165, 1.54) is 12.5 Å². The molecule has 3 rings (SSSR count). The van der Waals surface area contributed by atoms with Crippen LogP contribution in [0.2, 0.25) is 0 Å². The van der Waals surface area contributed by atoms with Crippen molar-refractivity contribution < 1.29 is 14.4 Å². The summed E-state index contributed by atoms with van der Waals surface area (Å²) in [5.74, 6) is 0.214. The summed E-state index contributed by atoms with van der Waals surface area (Å²) in [5, 5.41) is 5.91. The first-order valence-corrected chi connectivity index (χ1v) is 10.5. The monoisotopic (exact) mass is 400 g/mol. The number of hydrogen-bond donors (Lipinski definition) is 2. The van der Waals surface area contributed by atoms with Gasteiger partial charge in [0.25, 0.3) is 0 Å². The van der Waals surface area contributed by atoms with Gasteiger partial charge in [-0.05, 0) is 30.7 Å². The van der Waals surface area contributed by atoms with Crippen molar-refractivity contribution in [2.24, 2.45) is 5.92 Å². The normalized spacial score (nSPS) is 23.9. The summed E-state index contributed by atoms with van der Waals surface area (Å²) in [5.41, 5.74) is 1.17. The Balaban J connectivity index is 1.65. The highest BCUT2D eigenvalue weighted by Crippen LogP contribution is 2.29. The Morgan fingerprint density at radius 1 is 1.17 bits per heavy atom. The van der Waals surface area contributed by atoms with Gasteiger partial charge in [0.15, 0.2) is 0 Å². The van der Waals surface area contributed by atoms with Crippen LogP contribution in [0.1, 0.15) is 39.2 Å². The van der Waals surface area contributed by atoms with Crippen LogP contribution in [0.25, 0.3) is 0 Å². The summed E-state index contributed by atoms with van der Waals surface area (Å²) >= 11 is 0. The maximum Gasteiger partial charge on any atom is 0.318 e. The highest BCUT2D eigenvalue weighted by atomic mass is 16.2. The second-order valence-electron chi connectivity index (χ2n) is 8.54. The number of amides is 4. The lowest BCUT2D eigenvalue weighted by atomic mass is 9.97. The number of carbonyl (C=O) groups excluding carboxylic acids is 3. The van der Waals surface area contributed by atoms with Crippen LogP contribution in [0.4, 0.5) is 4.79 Å². The fourth-order valence-electron chi connectivity index (χ4n) is 4.39. The van der Waals surface area contributed by atoms with Crippen LogP contribution in [0.15, 0.2) is 30.3 Å². The smallest absolute Gasteiger partial charge is 0.318 e. The maximum absolute atomic E-state index is 13.2. The molecule has 0 aliphatic carbocycles. The van der Waals surface area contributed by atoms with Gasteiger partial charge >= 0.3 is 6.03 Å². The number of urea groups is 1. The zero-order valence-corrected chi connectivity index (χ0v) is 17.6. The molecule has 7 heteroatoms. The molecule has 0 spiro atoms. The molecular formula is C22H32N4O3. The third-order valence-corrected chi connectivity index (χ3v) is 5.66. The largest absolute Gasteiger partial charge is 0.352 e. The van der Waals surface area contributed by atoms with Gasteiger partial charge in [0, 0.05) is 32.6 Å². The fourth-order valence-corrected chi connectivity index (χ4v) is 4.39. The van der Waals surface area contributed by atoms with Gasteiger partial charge in [0.1, 0.15) is 6.04 Å². The van der Waals surface area contributed by atoms with Gasteiger partial charge in [-0.25, -0.2) is 4.79 Å². The number of hydrogen-bond acceptors (Lipinski definition) is 3. The Kier molecular flexibility index (Phi) is 6.77. The lowest BCUT2D eigenvalue weighted by Crippen LogP contribution is -2.63. The molecular weight excluding hydrogens is 368 g/mol. The predicted molar refractivity (Wildman–Crippen MR) is 111 cm³/mol. The van der Waals surface area contributed by atoms with Gasteiger partial charge in [-0.2, -0.15) is 0 Å². The van der Waals surface area contributed by atoms with E-state index < -0.39 is 6.04 Å². The van der Waals surface area contributed by atoms with E-state index >= 15 is 0 Å². The minimum atomic E-state index is -0.445. The summed E-state index contributed by atoms with van der Waals surface area (Å²) in [6, 6.07) is 9.32. The van der Waals surface area contributed by atoms with E-state index in [0.29, 0.717) is 38.4 Å². The zero-order valence-electron chi connectivity index (χ0n) is 17.6. The van der Waals surface area contributed by atoms with Gasteiger partial charge in [0.05, 0.1) is 6.04 Å². The molecule has 2 saturated heterocycles. The molecule has 0 saturated carbocycles. The molecule has 0 unspecified atom stereocenters. The van der Waals surface area contributed by atoms with E-state index in [0.717, 1.165) is 6.42 Å². The number of nitrogens with one attached hydrogen (secondary N) is 2. The molecule has 0 bridgehead atoms. The molecule has 3 atom stereocenters. The number of piperazine rings is 1. The molecule has 2 aliphatic heterocycles. The lowest BCUT2D eigenvalue weighted by molar-refractivity contribution is -0.142. The van der Waals surface area contributed by atoms with Crippen molar-refractivity contribution in [2.75, 3.05) is 19.6 Å². The number of carbonyl (C=O) groups is 3. The second-order valence-corrected chi connectivity index (χ2v) is 8.54. The molecule has 2 aliphatic rings. The molecule has 1 aromatic carbocycles. The van der Waals surface area contributed by atoms with Crippen LogP contribution in [0.5, 0.6) is 0 Å². The first-order valence-electron chi connectivity index (χ1n) is 10.5. The SMILES string of the molecule is CC(=O)N[C@H]1C[C@H]2CN(C(=O)NCCc3ccccc3)[C@@H](CC(C)C)C(=O)N2C1. The molecule has 2 N–H and O–H groups in total. The minimum absolute atomic E-state index is 0.000936. The summed E-state index contributed by atoms with van der Waals surface area (Å²) in [6.45, 7) is 7.19. The minimum Gasteiger partial charge on any atom is -0.352 e. The topological polar surface area (TPSA) is 81.8 Å². The molecule has 158 valence electrons. The van der Waals surface area contributed by atoms with Gasteiger partial charge in [0.2, 0.25) is 11.8 Å². The Labute approximate surface area is 172 Å². The van der Waals surface area contributed by atoms with Crippen LogP contribution in [-0.4, -0.2) is 65.4 Å². The Hall–Kier alpha value is -2.57. The first-order chi connectivity index (χ1) is 13.8. The number of benzene rings is 1. The van der Waals surface area contributed by atoms with Crippen LogP contribution in [0.3, 0.4) is 0 Å². The summed E-state index contributed by atoms with van der Waals surface area (Å²) < 4.78 is 0. The van der Waals surface area contributed by atoms with Crippen molar-refractivity contribution in [1.82, 2.24) is 20.4 Å². The van der Waals surface area contributed by atoms with Crippen molar-refractivity contribution in [1.29, 1.82) is 0 Å². The third-order valence-electron chi connectivity index (χ3n) is 5.66. The highest BCUT2D eigenvalue weighted by Gasteiger charge is 2.47. The van der Waals surface area contributed by atoms with Crippen LogP contribution in [-0.2, 0) is 16.0 Å². The Morgan fingerprint density at radius 3 is 2.55 bits per heavy atom. The quantitative estimate of drug-likeness (QED) is 0.764. The van der Waals surface area contributed by atoms with Crippen molar-refractivity contribution in [3.8, 4) is 0 Å². The Bertz CT molecular complexity index is 737. The average molecular weight is 401 g/mol. The Morgan fingerprint density at radius 2 is 1.90 bits per heavy atom. The van der Waals surface area contributed by atoms with Crippen LogP contribution < -0.4 is 10.6 Å². The van der Waals surface area contributed by atoms with Crippen LogP contribution >= 0.6 is 0 Å². The van der Waals surface area contributed by atoms with Crippen molar-refractivity contribution in [3.63, 3.8) is 0 Å². The number of fused-ring (bicyclic) bond motifs is 1. The average Bonchev–Trinajstić information content (AvgIpc) is 3.06. The van der Waals surface area contributed by atoms with Crippen molar-refractivity contribution in [2.45, 2.75) is 58.2 Å². The maximum atomic E-state index is 13.2. The molecule has 2 heterocycles. The standard InChI is InChI=1S/C22H32N4O3/c1-15(2)11-20-21(28)25-13-18(24-16(3)27)12-19(25)14-26(20)22(29)23-10-9-17-7-5-4-6-8-17/h4-8,15,18-20H,9-14H2,1-3H3,(H,23,29)(H,24,27)/t18-,19-,20-/m0/s1. The van der Waals surface area contributed by atoms with E-state index in [1.54, 1.807) is 4.90 Å². The highest BCUT2D eigenvalue weighted by molar-refractivity contribution is 5.89. The van der Waals surface area contributed by atoms with E-state index in [2.05, 4.69) is 24.5 Å². The lowest BCUT2D eigenvalue weighted by Gasteiger charge is -2.43. The third kappa shape index (κ3) is 5.28. The van der Waals surface area contributed by atoms with E-state index in [9.17, 15) is 14.4 Å². The van der Waals surface area contributed by atoms with Gasteiger partial charge in [-0.15, -0.1) is 0 Å². The summed E-state index contributed by atoms with van der Waals surface area (Å²) in [7, 11) is 0. The molecule has 4 amide bonds. The molecule has 1 aromatic rings. The summed E-state index contributed by atoms with van der Waals surface area (Å²) in [4.78, 5) is 41.1. The van der Waals surface area contributed by atoms with E-state index in [-0.39, 0.29) is 29.9 Å². The fraction of sp³-hybridized carbons (Fsp3) is 0.591. The zero-order chi connectivity index (χ0) is 21.0. The van der Waals surface area contributed by atoms with E-state index in [4.69, 9.17) is 0 Å². The summed E-state index contributed by atoms with van der Waals surface area (Å²) in [6.07, 6.45) is 2.08. The van der Waals surface area contributed by atoms with Crippen LogP contribution in [0, 0.1) is 5.92 Å². The van der Waals surface area contributed by atoms with Gasteiger partial charge < -0.3 is 20.4 Å². The predicted octanol–water partition coefficient (Wildman–Crippen LogP) is 1.77. The number of rotatable bonds is 6. The molecule has 7 nitrogen and oxygen atoms in total. The molecule has 0 aromatic heterocycles. The first kappa shape index (κ1) is 21.1. The van der Waals surface area contributed by atoms with E-state index in [1.807, 2.05) is 35.2 Å². The van der Waals surface area contributed by atoms with Crippen molar-refractivity contribution >= 4 is 17.8 Å². The van der Waals surface area contributed by atoms with Gasteiger partial charge in [-0.1, -0.05) is 44.2 Å².